The lowest BCUT2D eigenvalue weighted by Crippen LogP contribution is -2.54. The Hall–Kier alpha value is -2.10. The van der Waals surface area contributed by atoms with Crippen LogP contribution in [-0.4, -0.2) is 41.2 Å². The summed E-state index contributed by atoms with van der Waals surface area (Å²) in [4.78, 5) is 12.2. The van der Waals surface area contributed by atoms with E-state index < -0.39 is 6.10 Å². The van der Waals surface area contributed by atoms with E-state index in [1.165, 1.54) is 6.92 Å². The average Bonchev–Trinajstić information content (AvgIpc) is 3.10. The summed E-state index contributed by atoms with van der Waals surface area (Å²) >= 11 is 12.5. The minimum atomic E-state index is -0.456. The molecule has 2 N–H and O–H groups in total. The Bertz CT molecular complexity index is 932. The van der Waals surface area contributed by atoms with Crippen molar-refractivity contribution in [3.8, 4) is 6.07 Å². The maximum atomic E-state index is 12.2. The number of halogens is 2. The van der Waals surface area contributed by atoms with Crippen LogP contribution in [0.2, 0.25) is 10.0 Å². The van der Waals surface area contributed by atoms with Crippen LogP contribution in [0.4, 0.5) is 0 Å². The van der Waals surface area contributed by atoms with Crippen molar-refractivity contribution in [1.82, 2.24) is 5.32 Å². The second kappa shape index (κ2) is 9.80. The molecule has 2 unspecified atom stereocenters. The van der Waals surface area contributed by atoms with Gasteiger partial charge >= 0.3 is 0 Å². The van der Waals surface area contributed by atoms with Crippen molar-refractivity contribution in [1.29, 1.82) is 5.26 Å². The van der Waals surface area contributed by atoms with E-state index in [1.54, 1.807) is 6.07 Å². The Balaban J connectivity index is 2.20. The zero-order chi connectivity index (χ0) is 21.7. The third kappa shape index (κ3) is 4.96. The monoisotopic (exact) mass is 446 g/mol. The molecule has 4 atom stereocenters. The maximum Gasteiger partial charge on any atom is 0.217 e. The highest BCUT2D eigenvalue weighted by molar-refractivity contribution is 6.42. The highest BCUT2D eigenvalue weighted by Gasteiger charge is 2.48. The molecular weight excluding hydrogens is 421 g/mol. The molecule has 2 aromatic carbocycles. The van der Waals surface area contributed by atoms with E-state index >= 15 is 0 Å². The van der Waals surface area contributed by atoms with Gasteiger partial charge in [-0.1, -0.05) is 59.6 Å². The number of aliphatic hydroxyl groups excluding tert-OH is 1. The molecule has 0 aromatic heterocycles. The molecule has 158 valence electrons. The molecule has 1 saturated heterocycles. The normalized spacial score (nSPS) is 22.8. The summed E-state index contributed by atoms with van der Waals surface area (Å²) in [5.74, 6) is -0.146. The highest BCUT2D eigenvalue weighted by atomic mass is 35.5. The molecule has 0 aliphatic carbocycles. The molecule has 1 aliphatic heterocycles. The number of aliphatic hydroxyl groups is 1. The van der Waals surface area contributed by atoms with Gasteiger partial charge in [0.25, 0.3) is 0 Å². The van der Waals surface area contributed by atoms with Crippen LogP contribution in [-0.2, 0) is 4.79 Å². The first-order chi connectivity index (χ1) is 14.4. The molecule has 1 aliphatic rings. The molecule has 1 fully saturated rings. The minimum Gasteiger partial charge on any atom is -0.387 e. The fourth-order valence-corrected chi connectivity index (χ4v) is 4.93. The summed E-state index contributed by atoms with van der Waals surface area (Å²) < 4.78 is 0.493. The van der Waals surface area contributed by atoms with E-state index in [2.05, 4.69) is 11.4 Å². The lowest BCUT2D eigenvalue weighted by Gasteiger charge is -2.45. The second-order valence-electron chi connectivity index (χ2n) is 7.91. The van der Waals surface area contributed by atoms with E-state index in [-0.39, 0.29) is 18.0 Å². The summed E-state index contributed by atoms with van der Waals surface area (Å²) in [7, 11) is 0. The summed E-state index contributed by atoms with van der Waals surface area (Å²) in [6, 6.07) is 17.0. The minimum absolute atomic E-state index is 0.146. The number of benzene rings is 2. The van der Waals surface area contributed by atoms with Crippen molar-refractivity contribution >= 4 is 29.1 Å². The molecule has 0 spiro atoms. The number of carbonyl (C=O) groups excluding carboxylic acids is 1. The van der Waals surface area contributed by atoms with Crippen molar-refractivity contribution in [2.45, 2.75) is 38.0 Å². The van der Waals surface area contributed by atoms with E-state index in [1.807, 2.05) is 42.5 Å². The fourth-order valence-electron chi connectivity index (χ4n) is 4.62. The number of nitrogens with one attached hydrogen (secondary N) is 1. The van der Waals surface area contributed by atoms with Gasteiger partial charge in [0, 0.05) is 18.9 Å². The summed E-state index contributed by atoms with van der Waals surface area (Å²) in [6.45, 7) is 3.29. The van der Waals surface area contributed by atoms with Crippen LogP contribution in [0.3, 0.4) is 0 Å². The molecule has 3 rings (SSSR count). The SMILES string of the molecule is CC(=O)N[C@@H](c1ccccc1)C(c1ccc(Cl)c(Cl)c1)[N+]1(CCC#N)CC[C@H](O)C1. The molecule has 0 radical (unpaired) electrons. The quantitative estimate of drug-likeness (QED) is 0.618. The van der Waals surface area contributed by atoms with Crippen LogP contribution in [0.15, 0.2) is 48.5 Å². The van der Waals surface area contributed by atoms with Crippen LogP contribution in [0.5, 0.6) is 0 Å². The largest absolute Gasteiger partial charge is 0.387 e. The fraction of sp³-hybridized carbons (Fsp3) is 0.391. The first-order valence-corrected chi connectivity index (χ1v) is 10.8. The van der Waals surface area contributed by atoms with E-state index in [4.69, 9.17) is 23.2 Å². The lowest BCUT2D eigenvalue weighted by molar-refractivity contribution is -0.949. The zero-order valence-electron chi connectivity index (χ0n) is 16.9. The highest BCUT2D eigenvalue weighted by Crippen LogP contribution is 2.44. The first-order valence-electron chi connectivity index (χ1n) is 10.0. The second-order valence-corrected chi connectivity index (χ2v) is 8.72. The van der Waals surface area contributed by atoms with Gasteiger partial charge in [0.15, 0.2) is 0 Å². The number of likely N-dealkylation sites (tertiary alicyclic amines) is 1. The third-order valence-electron chi connectivity index (χ3n) is 5.86. The standard InChI is InChI=1S/C23H25Cl2N3O2/c1-16(29)27-22(17-6-3-2-4-7-17)23(18-8-9-20(24)21(25)14-18)28(12-5-11-26)13-10-19(30)15-28/h2-4,6-9,14,19,22-23,30H,5,10,12-13,15H2,1H3/p+1/t19-,22-,23?,28?/m0/s1. The topological polar surface area (TPSA) is 73.1 Å². The van der Waals surface area contributed by atoms with E-state index in [0.717, 1.165) is 11.1 Å². The molecular formula is C23H26Cl2N3O2+. The molecule has 5 nitrogen and oxygen atoms in total. The van der Waals surface area contributed by atoms with Crippen molar-refractivity contribution < 1.29 is 14.4 Å². The molecule has 7 heteroatoms. The number of carbonyl (C=O) groups is 1. The van der Waals surface area contributed by atoms with Crippen LogP contribution >= 0.6 is 23.2 Å². The number of hydrogen-bond acceptors (Lipinski definition) is 3. The van der Waals surface area contributed by atoms with Gasteiger partial charge < -0.3 is 14.9 Å². The lowest BCUT2D eigenvalue weighted by atomic mass is 9.89. The molecule has 1 heterocycles. The number of nitrogens with zero attached hydrogens (tertiary/aromatic N) is 2. The van der Waals surface area contributed by atoms with E-state index in [0.29, 0.717) is 47.0 Å². The number of hydrogen-bond donors (Lipinski definition) is 2. The van der Waals surface area contributed by atoms with Gasteiger partial charge in [-0.05, 0) is 17.7 Å². The Morgan fingerprint density at radius 3 is 2.53 bits per heavy atom. The average molecular weight is 447 g/mol. The zero-order valence-corrected chi connectivity index (χ0v) is 18.4. The van der Waals surface area contributed by atoms with Crippen molar-refractivity contribution in [3.05, 3.63) is 69.7 Å². The Kier molecular flexibility index (Phi) is 7.38. The molecule has 30 heavy (non-hydrogen) atoms. The van der Waals surface area contributed by atoms with Gasteiger partial charge in [0.2, 0.25) is 5.91 Å². The summed E-state index contributed by atoms with van der Waals surface area (Å²) in [6.07, 6.45) is 0.541. The van der Waals surface area contributed by atoms with Gasteiger partial charge in [-0.15, -0.1) is 0 Å². The molecule has 0 saturated carbocycles. The predicted octanol–water partition coefficient (Wildman–Crippen LogP) is 4.41. The van der Waals surface area contributed by atoms with Gasteiger partial charge in [-0.25, -0.2) is 0 Å². The Morgan fingerprint density at radius 2 is 1.97 bits per heavy atom. The maximum absolute atomic E-state index is 12.2. The molecule has 1 amide bonds. The van der Waals surface area contributed by atoms with Crippen LogP contribution in [0, 0.1) is 11.3 Å². The number of quaternary nitrogens is 1. The van der Waals surface area contributed by atoms with Crippen molar-refractivity contribution in [2.75, 3.05) is 19.6 Å². The third-order valence-corrected chi connectivity index (χ3v) is 6.60. The summed E-state index contributed by atoms with van der Waals surface area (Å²) in [5.41, 5.74) is 1.87. The van der Waals surface area contributed by atoms with E-state index in [9.17, 15) is 15.2 Å². The van der Waals surface area contributed by atoms with Crippen molar-refractivity contribution in [3.63, 3.8) is 0 Å². The van der Waals surface area contributed by atoms with Gasteiger partial charge in [0.1, 0.15) is 24.7 Å². The van der Waals surface area contributed by atoms with Crippen molar-refractivity contribution in [2.24, 2.45) is 0 Å². The van der Waals surface area contributed by atoms with Gasteiger partial charge in [-0.3, -0.25) is 4.79 Å². The number of rotatable bonds is 7. The Labute approximate surface area is 187 Å². The smallest absolute Gasteiger partial charge is 0.217 e. The predicted molar refractivity (Wildman–Crippen MR) is 118 cm³/mol. The summed E-state index contributed by atoms with van der Waals surface area (Å²) in [5, 5.41) is 23.8. The number of amides is 1. The number of nitriles is 1. The van der Waals surface area contributed by atoms with Crippen LogP contribution < -0.4 is 5.32 Å². The van der Waals surface area contributed by atoms with Crippen LogP contribution in [0.1, 0.15) is 43.0 Å². The molecule has 2 aromatic rings. The molecule has 0 bridgehead atoms. The van der Waals surface area contributed by atoms with Gasteiger partial charge in [-0.2, -0.15) is 5.26 Å². The van der Waals surface area contributed by atoms with Gasteiger partial charge in [0.05, 0.1) is 35.6 Å². The first kappa shape index (κ1) is 22.6. The van der Waals surface area contributed by atoms with Crippen LogP contribution in [0.25, 0.3) is 0 Å². The Morgan fingerprint density at radius 1 is 1.23 bits per heavy atom.